The number of hydrogen-bond acceptors (Lipinski definition) is 3. The highest BCUT2D eigenvalue weighted by Crippen LogP contribution is 2.32. The van der Waals surface area contributed by atoms with Gasteiger partial charge in [0.25, 0.3) is 0 Å². The van der Waals surface area contributed by atoms with Gasteiger partial charge in [-0.15, -0.1) is 0 Å². The number of rotatable bonds is 8. The zero-order valence-corrected chi connectivity index (χ0v) is 14.9. The lowest BCUT2D eigenvalue weighted by Crippen LogP contribution is -2.40. The van der Waals surface area contributed by atoms with Crippen LogP contribution in [0.25, 0.3) is 0 Å². The van der Waals surface area contributed by atoms with E-state index in [1.54, 1.807) is 0 Å². The first-order chi connectivity index (χ1) is 11.7. The minimum Gasteiger partial charge on any atom is -0.396 e. The number of aliphatic hydroxyl groups excluding tert-OH is 1. The summed E-state index contributed by atoms with van der Waals surface area (Å²) in [4.78, 5) is 4.76. The zero-order chi connectivity index (χ0) is 17.3. The van der Waals surface area contributed by atoms with E-state index in [0.29, 0.717) is 19.1 Å². The van der Waals surface area contributed by atoms with Crippen molar-refractivity contribution in [3.63, 3.8) is 0 Å². The Hall–Kier alpha value is -1.59. The molecule has 24 heavy (non-hydrogen) atoms. The third-order valence-corrected chi connectivity index (χ3v) is 4.69. The van der Waals surface area contributed by atoms with Gasteiger partial charge in [0.1, 0.15) is 0 Å². The summed E-state index contributed by atoms with van der Waals surface area (Å²) in [6.07, 6.45) is 1.72. The molecule has 3 N–H and O–H groups in total. The van der Waals surface area contributed by atoms with Crippen LogP contribution in [0.15, 0.2) is 35.3 Å². The average Bonchev–Trinajstić information content (AvgIpc) is 3.07. The molecule has 134 valence electrons. The molecule has 1 aromatic rings. The van der Waals surface area contributed by atoms with Crippen LogP contribution in [0.5, 0.6) is 0 Å². The van der Waals surface area contributed by atoms with Crippen LogP contribution in [0.1, 0.15) is 38.2 Å². The number of aliphatic imine (C=N–C) groups is 1. The molecule has 0 aromatic heterocycles. The van der Waals surface area contributed by atoms with E-state index in [0.717, 1.165) is 38.5 Å². The van der Waals surface area contributed by atoms with Gasteiger partial charge >= 0.3 is 0 Å². The molecule has 1 aliphatic rings. The molecule has 0 saturated carbocycles. The van der Waals surface area contributed by atoms with Crippen molar-refractivity contribution in [2.75, 3.05) is 39.5 Å². The van der Waals surface area contributed by atoms with Crippen molar-refractivity contribution in [1.82, 2.24) is 10.6 Å². The molecule has 1 fully saturated rings. The fourth-order valence-electron chi connectivity index (χ4n) is 3.03. The topological polar surface area (TPSA) is 65.9 Å². The molecule has 1 aliphatic heterocycles. The molecule has 0 radical (unpaired) electrons. The molecule has 2 atom stereocenters. The first-order valence-electron chi connectivity index (χ1n) is 8.95. The lowest BCUT2D eigenvalue weighted by Gasteiger charge is -2.25. The lowest BCUT2D eigenvalue weighted by atomic mass is 9.84. The van der Waals surface area contributed by atoms with E-state index in [4.69, 9.17) is 9.73 Å². The van der Waals surface area contributed by atoms with Crippen LogP contribution in [-0.4, -0.2) is 50.5 Å². The van der Waals surface area contributed by atoms with Crippen LogP contribution in [0, 0.1) is 5.41 Å². The van der Waals surface area contributed by atoms with Crippen LogP contribution in [0.4, 0.5) is 0 Å². The van der Waals surface area contributed by atoms with Gasteiger partial charge in [-0.3, -0.25) is 4.99 Å². The van der Waals surface area contributed by atoms with Crippen LogP contribution < -0.4 is 10.6 Å². The van der Waals surface area contributed by atoms with Crippen molar-refractivity contribution < 1.29 is 9.84 Å². The second-order valence-corrected chi connectivity index (χ2v) is 6.66. The maximum absolute atomic E-state index is 9.33. The van der Waals surface area contributed by atoms with Gasteiger partial charge in [-0.25, -0.2) is 0 Å². The van der Waals surface area contributed by atoms with E-state index in [2.05, 4.69) is 48.7 Å². The van der Waals surface area contributed by atoms with E-state index in [-0.39, 0.29) is 12.0 Å². The van der Waals surface area contributed by atoms with Crippen molar-refractivity contribution in [2.45, 2.75) is 32.6 Å². The van der Waals surface area contributed by atoms with Gasteiger partial charge in [0.2, 0.25) is 0 Å². The van der Waals surface area contributed by atoms with Crippen molar-refractivity contribution in [1.29, 1.82) is 0 Å². The molecule has 1 aromatic carbocycles. The number of aliphatic hydroxyl groups is 1. The van der Waals surface area contributed by atoms with Crippen molar-refractivity contribution in [3.8, 4) is 0 Å². The van der Waals surface area contributed by atoms with Crippen molar-refractivity contribution >= 4 is 5.96 Å². The molecule has 2 unspecified atom stereocenters. The predicted molar refractivity (Wildman–Crippen MR) is 98.4 cm³/mol. The summed E-state index contributed by atoms with van der Waals surface area (Å²) in [5.74, 6) is 1.25. The highest BCUT2D eigenvalue weighted by atomic mass is 16.5. The molecular weight excluding hydrogens is 302 g/mol. The molecule has 2 rings (SSSR count). The number of ether oxygens (including phenoxy) is 1. The number of nitrogens with one attached hydrogen (secondary N) is 2. The van der Waals surface area contributed by atoms with E-state index in [1.807, 2.05) is 6.07 Å². The summed E-state index contributed by atoms with van der Waals surface area (Å²) < 4.78 is 5.54. The Morgan fingerprint density at radius 2 is 2.12 bits per heavy atom. The zero-order valence-electron chi connectivity index (χ0n) is 14.9. The first kappa shape index (κ1) is 18.7. The van der Waals surface area contributed by atoms with E-state index >= 15 is 0 Å². The van der Waals surface area contributed by atoms with Gasteiger partial charge in [0.05, 0.1) is 13.2 Å². The van der Waals surface area contributed by atoms with Gasteiger partial charge in [0, 0.05) is 31.7 Å². The summed E-state index contributed by atoms with van der Waals surface area (Å²) in [7, 11) is 0. The smallest absolute Gasteiger partial charge is 0.191 e. The molecule has 0 aliphatic carbocycles. The Kier molecular flexibility index (Phi) is 7.53. The van der Waals surface area contributed by atoms with E-state index < -0.39 is 0 Å². The molecule has 5 heteroatoms. The third-order valence-electron chi connectivity index (χ3n) is 4.69. The number of hydrogen-bond donors (Lipinski definition) is 3. The Balaban J connectivity index is 1.92. The van der Waals surface area contributed by atoms with Crippen LogP contribution in [-0.2, 0) is 4.74 Å². The minimum atomic E-state index is -0.0118. The second kappa shape index (κ2) is 9.64. The first-order valence-corrected chi connectivity index (χ1v) is 8.95. The SMILES string of the molecule is CCNC(=NCC1(CCO)CCOC1)NCC(C)c1ccccc1. The fourth-order valence-corrected chi connectivity index (χ4v) is 3.03. The summed E-state index contributed by atoms with van der Waals surface area (Å²) in [5, 5.41) is 16.1. The minimum absolute atomic E-state index is 0.0118. The molecule has 0 spiro atoms. The normalized spacial score (nSPS) is 22.4. The van der Waals surface area contributed by atoms with Crippen molar-refractivity contribution in [2.24, 2.45) is 10.4 Å². The van der Waals surface area contributed by atoms with Crippen LogP contribution in [0.3, 0.4) is 0 Å². The fraction of sp³-hybridized carbons (Fsp3) is 0.632. The largest absolute Gasteiger partial charge is 0.396 e. The maximum atomic E-state index is 9.33. The number of guanidine groups is 1. The number of benzene rings is 1. The summed E-state index contributed by atoms with van der Waals surface area (Å²) >= 11 is 0. The third kappa shape index (κ3) is 5.49. The Bertz CT molecular complexity index is 499. The molecule has 1 heterocycles. The second-order valence-electron chi connectivity index (χ2n) is 6.66. The van der Waals surface area contributed by atoms with E-state index in [1.165, 1.54) is 5.56 Å². The molecule has 0 amide bonds. The Labute approximate surface area is 145 Å². The van der Waals surface area contributed by atoms with Crippen LogP contribution >= 0.6 is 0 Å². The lowest BCUT2D eigenvalue weighted by molar-refractivity contribution is 0.131. The summed E-state index contributed by atoms with van der Waals surface area (Å²) in [6, 6.07) is 10.5. The number of nitrogens with zero attached hydrogens (tertiary/aromatic N) is 1. The van der Waals surface area contributed by atoms with Crippen LogP contribution in [0.2, 0.25) is 0 Å². The average molecular weight is 333 g/mol. The van der Waals surface area contributed by atoms with Gasteiger partial charge in [0.15, 0.2) is 5.96 Å². The van der Waals surface area contributed by atoms with Gasteiger partial charge in [-0.1, -0.05) is 37.3 Å². The highest BCUT2D eigenvalue weighted by molar-refractivity contribution is 5.79. The quantitative estimate of drug-likeness (QED) is 0.504. The van der Waals surface area contributed by atoms with Gasteiger partial charge in [-0.2, -0.15) is 0 Å². The maximum Gasteiger partial charge on any atom is 0.191 e. The molecule has 1 saturated heterocycles. The highest BCUT2D eigenvalue weighted by Gasteiger charge is 2.34. The molecule has 0 bridgehead atoms. The Morgan fingerprint density at radius 1 is 1.33 bits per heavy atom. The monoisotopic (exact) mass is 333 g/mol. The molecular formula is C19H31N3O2. The predicted octanol–water partition coefficient (Wildman–Crippen LogP) is 2.13. The van der Waals surface area contributed by atoms with E-state index in [9.17, 15) is 5.11 Å². The Morgan fingerprint density at radius 3 is 2.75 bits per heavy atom. The summed E-state index contributed by atoms with van der Waals surface area (Å²) in [6.45, 7) is 8.27. The summed E-state index contributed by atoms with van der Waals surface area (Å²) in [5.41, 5.74) is 1.31. The van der Waals surface area contributed by atoms with Gasteiger partial charge in [-0.05, 0) is 31.2 Å². The standard InChI is InChI=1S/C19H31N3O2/c1-3-20-18(21-13-16(2)17-7-5-4-6-8-17)22-14-19(9-11-23)10-12-24-15-19/h4-8,16,23H,3,9-15H2,1-2H3,(H2,20,21,22). The van der Waals surface area contributed by atoms with Crippen molar-refractivity contribution in [3.05, 3.63) is 35.9 Å². The van der Waals surface area contributed by atoms with Gasteiger partial charge < -0.3 is 20.5 Å². The molecule has 5 nitrogen and oxygen atoms in total.